The van der Waals surface area contributed by atoms with Crippen molar-refractivity contribution in [1.29, 1.82) is 15.8 Å². The molecule has 0 fully saturated rings. The third kappa shape index (κ3) is 25.0. The molecule has 3 rings (SSSR count). The van der Waals surface area contributed by atoms with E-state index < -0.39 is 0 Å². The average Bonchev–Trinajstić information content (AvgIpc) is 3.37. The maximum absolute atomic E-state index is 9.09. The summed E-state index contributed by atoms with van der Waals surface area (Å²) in [5.41, 5.74) is 2.46. The number of unbranched alkanes of at least 4 members (excludes halogenated alkanes) is 15. The second-order valence-electron chi connectivity index (χ2n) is 16.5. The van der Waals surface area contributed by atoms with E-state index in [0.29, 0.717) is 135 Å². The van der Waals surface area contributed by atoms with Crippen LogP contribution >= 0.6 is 0 Å². The molecule has 0 saturated carbocycles. The summed E-state index contributed by atoms with van der Waals surface area (Å²) >= 11 is 0. The Morgan fingerprint density at radius 1 is 0.329 bits per heavy atom. The van der Waals surface area contributed by atoms with Crippen LogP contribution in [0.1, 0.15) is 157 Å². The molecule has 0 amide bonds. The number of rotatable bonds is 36. The van der Waals surface area contributed by atoms with Gasteiger partial charge in [0.05, 0.1) is 80.1 Å². The van der Waals surface area contributed by atoms with E-state index in [2.05, 4.69) is 56.4 Å². The number of nitrogens with zero attached hydrogens (tertiary/aromatic N) is 6. The van der Waals surface area contributed by atoms with E-state index >= 15 is 0 Å². The van der Waals surface area contributed by atoms with E-state index in [1.807, 2.05) is 48.5 Å². The molecule has 0 bridgehead atoms. The van der Waals surface area contributed by atoms with Crippen molar-refractivity contribution in [2.75, 3.05) is 59.3 Å². The molecule has 3 aromatic rings. The van der Waals surface area contributed by atoms with Crippen LogP contribution in [0.25, 0.3) is 14.5 Å². The van der Waals surface area contributed by atoms with Crippen molar-refractivity contribution in [3.63, 3.8) is 0 Å². The van der Waals surface area contributed by atoms with Crippen LogP contribution in [0.3, 0.4) is 0 Å². The highest BCUT2D eigenvalue weighted by Crippen LogP contribution is 2.31. The fourth-order valence-electron chi connectivity index (χ4n) is 6.87. The van der Waals surface area contributed by atoms with E-state index in [-0.39, 0.29) is 0 Å². The first-order valence-electron chi connectivity index (χ1n) is 24.9. The van der Waals surface area contributed by atoms with Crippen LogP contribution in [0.15, 0.2) is 48.5 Å². The van der Waals surface area contributed by atoms with Crippen molar-refractivity contribution < 1.29 is 28.4 Å². The zero-order valence-corrected chi connectivity index (χ0v) is 41.0. The summed E-state index contributed by atoms with van der Waals surface area (Å²) < 4.78 is 37.8. The summed E-state index contributed by atoms with van der Waals surface area (Å²) in [5, 5.41) is 27.0. The molecule has 0 atom stereocenters. The van der Waals surface area contributed by atoms with Gasteiger partial charge in [-0.1, -0.05) is 23.7 Å². The predicted octanol–water partition coefficient (Wildman–Crippen LogP) is 13.3. The normalized spacial score (nSPS) is 9.97. The largest absolute Gasteiger partial charge is 0.494 e. The van der Waals surface area contributed by atoms with Gasteiger partial charge in [-0.25, -0.2) is 19.7 Å². The second kappa shape index (κ2) is 38.5. The first-order chi connectivity index (χ1) is 34.6. The van der Waals surface area contributed by atoms with Crippen molar-refractivity contribution in [1.82, 2.24) is 0 Å². The lowest BCUT2D eigenvalue weighted by Gasteiger charge is -2.14. The summed E-state index contributed by atoms with van der Waals surface area (Å²) in [6.45, 7) is 25.6. The molecular formula is C58H68N6O6. The maximum atomic E-state index is 9.09. The predicted molar refractivity (Wildman–Crippen MR) is 272 cm³/mol. The summed E-state index contributed by atoms with van der Waals surface area (Å²) in [4.78, 5) is 10.4. The van der Waals surface area contributed by atoms with Gasteiger partial charge in [-0.3, -0.25) is 0 Å². The Bertz CT molecular complexity index is 2220. The summed E-state index contributed by atoms with van der Waals surface area (Å²) in [6.07, 6.45) is 16.4. The number of hydrogen-bond donors (Lipinski definition) is 0. The lowest BCUT2D eigenvalue weighted by molar-refractivity contribution is 0.296. The van der Waals surface area contributed by atoms with Crippen LogP contribution in [-0.4, -0.2) is 59.3 Å². The Balaban J connectivity index is 2.12. The highest BCUT2D eigenvalue weighted by Gasteiger charge is 2.14. The SMILES string of the molecule is [C-]#[N+]CCCCCOc1ccc(OCCCCCC#N)c(C#Cc2cc(OCCCCCC#N)c(C#Cc3cc(OCCCCCC#N)ccc3OCCCCC[N+]#[C-])cc2OCCCCC[N+]#[C-])c1. The fraction of sp³-hybridized carbons (Fsp3) is 0.517. The minimum Gasteiger partial charge on any atom is -0.494 e. The molecule has 0 unspecified atom stereocenters. The Morgan fingerprint density at radius 3 is 0.929 bits per heavy atom. The molecule has 0 radical (unpaired) electrons. The van der Waals surface area contributed by atoms with Gasteiger partial charge in [0, 0.05) is 50.7 Å². The fourth-order valence-corrected chi connectivity index (χ4v) is 6.87. The van der Waals surface area contributed by atoms with Gasteiger partial charge in [0.25, 0.3) is 0 Å². The van der Waals surface area contributed by atoms with Gasteiger partial charge < -0.3 is 43.0 Å². The van der Waals surface area contributed by atoms with Gasteiger partial charge in [0.1, 0.15) is 34.5 Å². The summed E-state index contributed by atoms with van der Waals surface area (Å²) in [7, 11) is 0. The smallest absolute Gasteiger partial charge is 0.214 e. The molecule has 0 aliphatic heterocycles. The molecule has 0 spiro atoms. The van der Waals surface area contributed by atoms with Gasteiger partial charge in [0.15, 0.2) is 0 Å². The third-order valence-corrected chi connectivity index (χ3v) is 10.8. The first-order valence-corrected chi connectivity index (χ1v) is 24.9. The van der Waals surface area contributed by atoms with Crippen molar-refractivity contribution >= 4 is 0 Å². The molecule has 70 heavy (non-hydrogen) atoms. The molecule has 0 N–H and O–H groups in total. The minimum absolute atomic E-state index is 0.400. The Kier molecular flexibility index (Phi) is 31.2. The van der Waals surface area contributed by atoms with Crippen LogP contribution in [0.5, 0.6) is 34.5 Å². The summed E-state index contributed by atoms with van der Waals surface area (Å²) in [6, 6.07) is 21.6. The van der Waals surface area contributed by atoms with Crippen molar-refractivity contribution in [2.24, 2.45) is 0 Å². The Morgan fingerprint density at radius 2 is 0.614 bits per heavy atom. The van der Waals surface area contributed by atoms with Crippen LogP contribution in [0.4, 0.5) is 0 Å². The van der Waals surface area contributed by atoms with Crippen molar-refractivity contribution in [3.8, 4) is 76.4 Å². The van der Waals surface area contributed by atoms with E-state index in [9.17, 15) is 0 Å². The van der Waals surface area contributed by atoms with E-state index in [1.54, 1.807) is 0 Å². The minimum atomic E-state index is 0.400. The molecule has 0 aliphatic carbocycles. The van der Waals surface area contributed by atoms with Gasteiger partial charge in [-0.2, -0.15) is 15.8 Å². The number of hydrogen-bond acceptors (Lipinski definition) is 9. The van der Waals surface area contributed by atoms with Crippen LogP contribution in [-0.2, 0) is 0 Å². The van der Waals surface area contributed by atoms with Crippen molar-refractivity contribution in [3.05, 3.63) is 105 Å². The molecule has 0 heterocycles. The second-order valence-corrected chi connectivity index (χ2v) is 16.5. The van der Waals surface area contributed by atoms with Crippen LogP contribution in [0, 0.1) is 77.4 Å². The summed E-state index contributed by atoms with van der Waals surface area (Å²) in [5.74, 6) is 17.1. The molecule has 0 aliphatic rings. The van der Waals surface area contributed by atoms with Crippen LogP contribution in [0.2, 0.25) is 0 Å². The highest BCUT2D eigenvalue weighted by atomic mass is 16.5. The van der Waals surface area contributed by atoms with Gasteiger partial charge in [-0.15, -0.1) is 0 Å². The van der Waals surface area contributed by atoms with E-state index in [1.165, 1.54) is 0 Å². The molecule has 0 saturated heterocycles. The first kappa shape index (κ1) is 56.8. The zero-order chi connectivity index (χ0) is 50.0. The van der Waals surface area contributed by atoms with Gasteiger partial charge in [-0.05, 0) is 133 Å². The third-order valence-electron chi connectivity index (χ3n) is 10.8. The molecule has 12 nitrogen and oxygen atoms in total. The highest BCUT2D eigenvalue weighted by molar-refractivity contribution is 5.62. The quantitative estimate of drug-likeness (QED) is 0.0316. The van der Waals surface area contributed by atoms with Crippen LogP contribution < -0.4 is 28.4 Å². The Labute approximate surface area is 418 Å². The topological polar surface area (TPSA) is 140 Å². The molecule has 12 heteroatoms. The van der Waals surface area contributed by atoms with Gasteiger partial charge >= 0.3 is 0 Å². The molecular weight excluding hydrogens is 877 g/mol. The number of benzene rings is 3. The number of nitriles is 3. The zero-order valence-electron chi connectivity index (χ0n) is 41.0. The van der Waals surface area contributed by atoms with E-state index in [0.717, 1.165) is 116 Å². The Hall–Kier alpha value is -7.48. The molecule has 0 aromatic heterocycles. The number of ether oxygens (including phenoxy) is 6. The average molecular weight is 945 g/mol. The van der Waals surface area contributed by atoms with Gasteiger partial charge in [0.2, 0.25) is 19.6 Å². The lowest BCUT2D eigenvalue weighted by atomic mass is 10.1. The maximum Gasteiger partial charge on any atom is 0.214 e. The van der Waals surface area contributed by atoms with Crippen molar-refractivity contribution in [2.45, 2.75) is 135 Å². The standard InChI is InChI=1S/C58H68N6O6/c1-62-36-16-10-22-40-66-54-30-31-55(67-41-20-8-5-14-34-60)49(46-54)25-28-52-47-57(69-43-21-9-6-15-35-61)51(48-58(52)70-44-24-12-18-38-64-3)27-26-50-45-53(65-39-19-7-4-13-33-59)29-32-56(50)68-42-23-11-17-37-63-2/h29-32,45-48H,4-24,36-44H2. The monoisotopic (exact) mass is 945 g/mol. The van der Waals surface area contributed by atoms with E-state index in [4.69, 9.17) is 63.9 Å². The lowest BCUT2D eigenvalue weighted by Crippen LogP contribution is -2.04. The molecule has 3 aromatic carbocycles. The molecule has 366 valence electrons.